The number of hydrogen-bond acceptors (Lipinski definition) is 4. The van der Waals surface area contributed by atoms with Crippen molar-refractivity contribution >= 4 is 17.2 Å². The Morgan fingerprint density at radius 2 is 2.43 bits per heavy atom. The Balaban J connectivity index is 2.68. The van der Waals surface area contributed by atoms with Crippen LogP contribution in [0.25, 0.3) is 0 Å². The number of carbonyl (C=O) groups excluding carboxylic acids is 1. The van der Waals surface area contributed by atoms with Crippen LogP contribution in [0, 0.1) is 0 Å². The number of amides is 1. The van der Waals surface area contributed by atoms with Gasteiger partial charge in [-0.3, -0.25) is 4.79 Å². The van der Waals surface area contributed by atoms with Gasteiger partial charge in [0.25, 0.3) is 5.91 Å². The molecule has 0 atom stereocenters. The Morgan fingerprint density at radius 3 is 2.93 bits per heavy atom. The second-order valence-electron chi connectivity index (χ2n) is 2.92. The first kappa shape index (κ1) is 11.1. The quantitative estimate of drug-likeness (QED) is 0.805. The van der Waals surface area contributed by atoms with Crippen LogP contribution in [0.5, 0.6) is 0 Å². The standard InChI is InChI=1S/C9H14N2O2S/c1-3-8-10-6-7(14-8)9(13)11(2)4-5-12/h6,12H,3-5H2,1-2H3. The maximum Gasteiger partial charge on any atom is 0.265 e. The summed E-state index contributed by atoms with van der Waals surface area (Å²) in [5, 5.41) is 9.64. The predicted molar refractivity (Wildman–Crippen MR) is 55.5 cm³/mol. The molecule has 14 heavy (non-hydrogen) atoms. The summed E-state index contributed by atoms with van der Waals surface area (Å²) < 4.78 is 0. The molecule has 1 aromatic heterocycles. The predicted octanol–water partition coefficient (Wildman–Crippen LogP) is 0.770. The number of aliphatic hydroxyl groups excluding tert-OH is 1. The summed E-state index contributed by atoms with van der Waals surface area (Å²) in [5.74, 6) is -0.0729. The van der Waals surface area contributed by atoms with Gasteiger partial charge < -0.3 is 10.0 Å². The highest BCUT2D eigenvalue weighted by Crippen LogP contribution is 2.14. The molecule has 0 bridgehead atoms. The Kier molecular flexibility index (Phi) is 4.03. The van der Waals surface area contributed by atoms with Crippen molar-refractivity contribution in [3.8, 4) is 0 Å². The van der Waals surface area contributed by atoms with Crippen LogP contribution in [-0.2, 0) is 6.42 Å². The van der Waals surface area contributed by atoms with Gasteiger partial charge in [0.1, 0.15) is 4.88 Å². The smallest absolute Gasteiger partial charge is 0.265 e. The third kappa shape index (κ3) is 2.52. The number of carbonyl (C=O) groups is 1. The fraction of sp³-hybridized carbons (Fsp3) is 0.556. The number of nitrogens with zero attached hydrogens (tertiary/aromatic N) is 2. The molecule has 1 rings (SSSR count). The van der Waals surface area contributed by atoms with E-state index in [4.69, 9.17) is 5.11 Å². The van der Waals surface area contributed by atoms with Gasteiger partial charge in [-0.25, -0.2) is 4.98 Å². The van der Waals surface area contributed by atoms with E-state index in [9.17, 15) is 4.79 Å². The van der Waals surface area contributed by atoms with Crippen LogP contribution in [-0.4, -0.2) is 41.1 Å². The molecule has 0 fully saturated rings. The van der Waals surface area contributed by atoms with E-state index in [-0.39, 0.29) is 12.5 Å². The zero-order chi connectivity index (χ0) is 10.6. The van der Waals surface area contributed by atoms with E-state index in [1.165, 1.54) is 16.2 Å². The highest BCUT2D eigenvalue weighted by molar-refractivity contribution is 7.13. The van der Waals surface area contributed by atoms with E-state index in [0.29, 0.717) is 11.4 Å². The molecule has 0 aliphatic heterocycles. The zero-order valence-electron chi connectivity index (χ0n) is 8.36. The summed E-state index contributed by atoms with van der Waals surface area (Å²) in [4.78, 5) is 17.9. The van der Waals surface area contributed by atoms with Gasteiger partial charge in [0.15, 0.2) is 0 Å². The van der Waals surface area contributed by atoms with E-state index < -0.39 is 0 Å². The average molecular weight is 214 g/mol. The van der Waals surface area contributed by atoms with E-state index in [1.807, 2.05) is 6.92 Å². The minimum absolute atomic E-state index is 0.0122. The van der Waals surface area contributed by atoms with E-state index >= 15 is 0 Å². The molecular formula is C9H14N2O2S. The van der Waals surface area contributed by atoms with Gasteiger partial charge in [-0.15, -0.1) is 11.3 Å². The van der Waals surface area contributed by atoms with Crippen molar-refractivity contribution in [2.45, 2.75) is 13.3 Å². The number of aryl methyl sites for hydroxylation is 1. The molecule has 4 nitrogen and oxygen atoms in total. The molecule has 1 amide bonds. The van der Waals surface area contributed by atoms with Gasteiger partial charge in [0.05, 0.1) is 17.8 Å². The van der Waals surface area contributed by atoms with Crippen molar-refractivity contribution in [2.24, 2.45) is 0 Å². The normalized spacial score (nSPS) is 10.2. The Bertz CT molecular complexity index is 312. The number of hydrogen-bond donors (Lipinski definition) is 1. The molecule has 0 radical (unpaired) electrons. The largest absolute Gasteiger partial charge is 0.395 e. The van der Waals surface area contributed by atoms with Gasteiger partial charge in [-0.2, -0.15) is 0 Å². The Hall–Kier alpha value is -0.940. The lowest BCUT2D eigenvalue weighted by atomic mass is 10.4. The number of aliphatic hydroxyl groups is 1. The molecule has 0 aromatic carbocycles. The molecular weight excluding hydrogens is 200 g/mol. The van der Waals surface area contributed by atoms with Crippen molar-refractivity contribution in [2.75, 3.05) is 20.2 Å². The summed E-state index contributed by atoms with van der Waals surface area (Å²) in [5.41, 5.74) is 0. The van der Waals surface area contributed by atoms with Gasteiger partial charge in [-0.1, -0.05) is 6.92 Å². The lowest BCUT2D eigenvalue weighted by molar-refractivity contribution is 0.0771. The molecule has 1 heterocycles. The van der Waals surface area contributed by atoms with Crippen molar-refractivity contribution in [1.82, 2.24) is 9.88 Å². The number of likely N-dealkylation sites (N-methyl/N-ethyl adjacent to an activating group) is 1. The number of aromatic nitrogens is 1. The van der Waals surface area contributed by atoms with Crippen molar-refractivity contribution in [3.05, 3.63) is 16.1 Å². The van der Waals surface area contributed by atoms with Gasteiger partial charge in [0.2, 0.25) is 0 Å². The minimum Gasteiger partial charge on any atom is -0.395 e. The average Bonchev–Trinajstić information content (AvgIpc) is 2.65. The first-order valence-corrected chi connectivity index (χ1v) is 5.31. The van der Waals surface area contributed by atoms with Crippen molar-refractivity contribution in [1.29, 1.82) is 0 Å². The van der Waals surface area contributed by atoms with Crippen LogP contribution in [0.1, 0.15) is 21.6 Å². The second kappa shape index (κ2) is 5.07. The lowest BCUT2D eigenvalue weighted by Crippen LogP contribution is -2.28. The fourth-order valence-electron chi connectivity index (χ4n) is 1.01. The van der Waals surface area contributed by atoms with Crippen LogP contribution in [0.3, 0.4) is 0 Å². The molecule has 5 heteroatoms. The summed E-state index contributed by atoms with van der Waals surface area (Å²) in [6.07, 6.45) is 2.45. The molecule has 0 aliphatic carbocycles. The minimum atomic E-state index is -0.0729. The topological polar surface area (TPSA) is 53.4 Å². The molecule has 78 valence electrons. The van der Waals surface area contributed by atoms with Crippen molar-refractivity contribution in [3.63, 3.8) is 0 Å². The Labute approximate surface area is 87.2 Å². The summed E-state index contributed by atoms with van der Waals surface area (Å²) in [6.45, 7) is 2.35. The van der Waals surface area contributed by atoms with Crippen LogP contribution in [0.15, 0.2) is 6.20 Å². The van der Waals surface area contributed by atoms with Gasteiger partial charge in [-0.05, 0) is 6.42 Å². The monoisotopic (exact) mass is 214 g/mol. The molecule has 1 aromatic rings. The number of rotatable bonds is 4. The van der Waals surface area contributed by atoms with Crippen LogP contribution in [0.4, 0.5) is 0 Å². The van der Waals surface area contributed by atoms with E-state index in [1.54, 1.807) is 13.2 Å². The fourth-order valence-corrected chi connectivity index (χ4v) is 1.86. The highest BCUT2D eigenvalue weighted by Gasteiger charge is 2.13. The summed E-state index contributed by atoms with van der Waals surface area (Å²) in [7, 11) is 1.67. The van der Waals surface area contributed by atoms with Crippen LogP contribution >= 0.6 is 11.3 Å². The van der Waals surface area contributed by atoms with Crippen LogP contribution < -0.4 is 0 Å². The van der Waals surface area contributed by atoms with E-state index in [0.717, 1.165) is 11.4 Å². The first-order valence-electron chi connectivity index (χ1n) is 4.50. The Morgan fingerprint density at radius 1 is 1.71 bits per heavy atom. The number of thiazole rings is 1. The van der Waals surface area contributed by atoms with Gasteiger partial charge in [0, 0.05) is 13.6 Å². The maximum absolute atomic E-state index is 11.6. The molecule has 0 saturated heterocycles. The molecule has 0 aliphatic rings. The molecule has 1 N–H and O–H groups in total. The highest BCUT2D eigenvalue weighted by atomic mass is 32.1. The molecule has 0 spiro atoms. The summed E-state index contributed by atoms with van der Waals surface area (Å²) in [6, 6.07) is 0. The molecule has 0 unspecified atom stereocenters. The second-order valence-corrected chi connectivity index (χ2v) is 4.04. The summed E-state index contributed by atoms with van der Waals surface area (Å²) >= 11 is 1.41. The van der Waals surface area contributed by atoms with Gasteiger partial charge >= 0.3 is 0 Å². The maximum atomic E-state index is 11.6. The SMILES string of the molecule is CCc1ncc(C(=O)N(C)CCO)s1. The molecule has 0 saturated carbocycles. The third-order valence-corrected chi connectivity index (χ3v) is 2.98. The third-order valence-electron chi connectivity index (χ3n) is 1.85. The lowest BCUT2D eigenvalue weighted by Gasteiger charge is -2.13. The van der Waals surface area contributed by atoms with E-state index in [2.05, 4.69) is 4.98 Å². The van der Waals surface area contributed by atoms with Crippen LogP contribution in [0.2, 0.25) is 0 Å². The van der Waals surface area contributed by atoms with Crippen molar-refractivity contribution < 1.29 is 9.90 Å². The zero-order valence-corrected chi connectivity index (χ0v) is 9.17. The first-order chi connectivity index (χ1) is 6.69.